The van der Waals surface area contributed by atoms with E-state index in [1.165, 1.54) is 11.3 Å². The van der Waals surface area contributed by atoms with Crippen molar-refractivity contribution in [2.75, 3.05) is 32.8 Å². The number of hydrogen-bond donors (Lipinski definition) is 0. The minimum absolute atomic E-state index is 0. The first kappa shape index (κ1) is 27.5. The highest BCUT2D eigenvalue weighted by Gasteiger charge is 2.18. The molecule has 4 rings (SSSR count). The molecule has 0 fully saturated rings. The summed E-state index contributed by atoms with van der Waals surface area (Å²) < 4.78 is 20.2. The number of ether oxygens (including phenoxy) is 3. The monoisotopic (exact) mass is 592 g/mol. The third kappa shape index (κ3) is 6.37. The number of benzene rings is 2. The van der Waals surface area contributed by atoms with Crippen molar-refractivity contribution in [3.05, 3.63) is 65.2 Å². The summed E-state index contributed by atoms with van der Waals surface area (Å²) in [6.45, 7) is 1.26. The molecule has 0 atom stereocenters. The maximum absolute atomic E-state index is 13.4. The van der Waals surface area contributed by atoms with E-state index >= 15 is 0 Å². The van der Waals surface area contributed by atoms with Crippen LogP contribution < -0.4 is 19.1 Å². The molecule has 0 spiro atoms. The van der Waals surface area contributed by atoms with Crippen LogP contribution in [0, 0.1) is 0 Å². The third-order valence-electron chi connectivity index (χ3n) is 5.30. The zero-order chi connectivity index (χ0) is 24.8. The molecule has 0 unspecified atom stereocenters. The Morgan fingerprint density at radius 3 is 2.53 bits per heavy atom. The van der Waals surface area contributed by atoms with Crippen molar-refractivity contribution in [2.45, 2.75) is 13.0 Å². The normalized spacial score (nSPS) is 10.9. The van der Waals surface area contributed by atoms with Gasteiger partial charge in [0.2, 0.25) is 5.75 Å². The zero-order valence-corrected chi connectivity index (χ0v) is 23.2. The number of methoxy groups -OCH3 is 3. The molecule has 0 bridgehead atoms. The SMILES string of the molecule is COc1cc(/C=C/C(=O)N(CCCn2ccnc2)c2nc3ccc(Br)cc3s2)cc(OC)c1OC.Cl. The molecular weight excluding hydrogens is 568 g/mol. The van der Waals surface area contributed by atoms with Gasteiger partial charge in [0, 0.05) is 36.0 Å². The van der Waals surface area contributed by atoms with Crippen LogP contribution in [0.1, 0.15) is 12.0 Å². The number of carbonyl (C=O) groups is 1. The summed E-state index contributed by atoms with van der Waals surface area (Å²) in [6.07, 6.45) is 9.45. The van der Waals surface area contributed by atoms with Gasteiger partial charge in [-0.2, -0.15) is 0 Å². The van der Waals surface area contributed by atoms with Gasteiger partial charge in [-0.3, -0.25) is 9.69 Å². The van der Waals surface area contributed by atoms with Crippen molar-refractivity contribution < 1.29 is 19.0 Å². The molecule has 190 valence electrons. The summed E-state index contributed by atoms with van der Waals surface area (Å²) in [5, 5.41) is 0.656. The highest BCUT2D eigenvalue weighted by atomic mass is 79.9. The van der Waals surface area contributed by atoms with Gasteiger partial charge in [0.15, 0.2) is 16.6 Å². The number of carbonyl (C=O) groups excluding carboxylic acids is 1. The number of imidazole rings is 1. The van der Waals surface area contributed by atoms with Gasteiger partial charge in [-0.15, -0.1) is 12.4 Å². The van der Waals surface area contributed by atoms with Gasteiger partial charge in [0.25, 0.3) is 5.91 Å². The third-order valence-corrected chi connectivity index (χ3v) is 6.83. The van der Waals surface area contributed by atoms with Gasteiger partial charge < -0.3 is 18.8 Å². The first-order valence-corrected chi connectivity index (χ1v) is 12.4. The lowest BCUT2D eigenvalue weighted by Crippen LogP contribution is -2.30. The molecule has 0 radical (unpaired) electrons. The summed E-state index contributed by atoms with van der Waals surface area (Å²) in [5.74, 6) is 1.38. The number of aryl methyl sites for hydroxylation is 1. The van der Waals surface area contributed by atoms with Gasteiger partial charge in [-0.25, -0.2) is 9.97 Å². The van der Waals surface area contributed by atoms with Crippen LogP contribution in [-0.4, -0.2) is 48.3 Å². The van der Waals surface area contributed by atoms with E-state index in [2.05, 4.69) is 20.9 Å². The minimum atomic E-state index is -0.164. The molecule has 1 amide bonds. The van der Waals surface area contributed by atoms with Crippen LogP contribution in [0.5, 0.6) is 17.2 Å². The highest BCUT2D eigenvalue weighted by Crippen LogP contribution is 2.38. The minimum Gasteiger partial charge on any atom is -0.493 e. The van der Waals surface area contributed by atoms with Gasteiger partial charge >= 0.3 is 0 Å². The van der Waals surface area contributed by atoms with Gasteiger partial charge in [-0.05, 0) is 48.4 Å². The van der Waals surface area contributed by atoms with E-state index in [0.29, 0.717) is 28.9 Å². The number of thiazole rings is 1. The predicted octanol–water partition coefficient (Wildman–Crippen LogP) is 5.84. The fraction of sp³-hybridized carbons (Fsp3) is 0.240. The Balaban J connectivity index is 0.00000361. The first-order chi connectivity index (χ1) is 17.0. The molecule has 0 aliphatic heterocycles. The maximum atomic E-state index is 13.4. The molecule has 2 heterocycles. The maximum Gasteiger partial charge on any atom is 0.252 e. The smallest absolute Gasteiger partial charge is 0.252 e. The Bertz CT molecular complexity index is 1320. The van der Waals surface area contributed by atoms with Crippen LogP contribution in [0.3, 0.4) is 0 Å². The second-order valence-electron chi connectivity index (χ2n) is 7.54. The molecule has 11 heteroatoms. The zero-order valence-electron chi connectivity index (χ0n) is 20.0. The summed E-state index contributed by atoms with van der Waals surface area (Å²) in [7, 11) is 4.67. The Labute approximate surface area is 228 Å². The quantitative estimate of drug-likeness (QED) is 0.215. The van der Waals surface area contributed by atoms with Crippen LogP contribution in [-0.2, 0) is 11.3 Å². The van der Waals surface area contributed by atoms with Crippen molar-refractivity contribution in [3.8, 4) is 17.2 Å². The van der Waals surface area contributed by atoms with Crippen LogP contribution in [0.25, 0.3) is 16.3 Å². The van der Waals surface area contributed by atoms with Crippen LogP contribution in [0.4, 0.5) is 5.13 Å². The van der Waals surface area contributed by atoms with Crippen LogP contribution >= 0.6 is 39.7 Å². The Hall–Kier alpha value is -3.08. The Kier molecular flexibility index (Phi) is 9.74. The molecule has 2 aromatic carbocycles. The molecule has 0 aliphatic carbocycles. The fourth-order valence-corrected chi connectivity index (χ4v) is 5.14. The molecule has 0 aliphatic rings. The second kappa shape index (κ2) is 12.8. The number of fused-ring (bicyclic) bond motifs is 1. The molecule has 4 aromatic rings. The number of halogens is 2. The first-order valence-electron chi connectivity index (χ1n) is 10.8. The predicted molar refractivity (Wildman–Crippen MR) is 149 cm³/mol. The molecule has 8 nitrogen and oxygen atoms in total. The topological polar surface area (TPSA) is 78.7 Å². The number of aromatic nitrogens is 3. The van der Waals surface area contributed by atoms with E-state index < -0.39 is 0 Å². The van der Waals surface area contributed by atoms with Crippen LogP contribution in [0.2, 0.25) is 0 Å². The van der Waals surface area contributed by atoms with Gasteiger partial charge in [0.05, 0.1) is 37.9 Å². The molecule has 0 saturated heterocycles. The standard InChI is InChI=1S/C25H25BrN4O4S.ClH/c1-32-20-13-17(14-21(33-2)24(20)34-3)5-8-23(31)30(11-4-10-29-12-9-27-16-29)25-28-19-7-6-18(26)15-22(19)35-25;/h5-9,12-16H,4,10-11H2,1-3H3;1H/b8-5+;. The van der Waals surface area contributed by atoms with Gasteiger partial charge in [0.1, 0.15) is 0 Å². The summed E-state index contributed by atoms with van der Waals surface area (Å²) in [6, 6.07) is 9.49. The lowest BCUT2D eigenvalue weighted by atomic mass is 10.1. The summed E-state index contributed by atoms with van der Waals surface area (Å²) >= 11 is 4.99. The fourth-order valence-electron chi connectivity index (χ4n) is 3.59. The lowest BCUT2D eigenvalue weighted by molar-refractivity contribution is -0.114. The van der Waals surface area contributed by atoms with Crippen molar-refractivity contribution in [3.63, 3.8) is 0 Å². The van der Waals surface area contributed by atoms with Crippen molar-refractivity contribution in [1.82, 2.24) is 14.5 Å². The number of amides is 1. The van der Waals surface area contributed by atoms with Crippen molar-refractivity contribution in [1.29, 1.82) is 0 Å². The molecular formula is C25H26BrClN4O4S. The lowest BCUT2D eigenvalue weighted by Gasteiger charge is -2.18. The average molecular weight is 594 g/mol. The van der Waals surface area contributed by atoms with E-state index in [9.17, 15) is 4.79 Å². The van der Waals surface area contributed by atoms with E-state index in [1.54, 1.807) is 63.0 Å². The number of anilines is 1. The number of nitrogens with zero attached hydrogens (tertiary/aromatic N) is 4. The average Bonchev–Trinajstić information content (AvgIpc) is 3.53. The van der Waals surface area contributed by atoms with E-state index in [-0.39, 0.29) is 18.3 Å². The summed E-state index contributed by atoms with van der Waals surface area (Å²) in [4.78, 5) is 23.9. The Morgan fingerprint density at radius 1 is 1.14 bits per heavy atom. The molecule has 2 aromatic heterocycles. The molecule has 36 heavy (non-hydrogen) atoms. The molecule has 0 saturated carbocycles. The highest BCUT2D eigenvalue weighted by molar-refractivity contribution is 9.10. The second-order valence-corrected chi connectivity index (χ2v) is 9.47. The van der Waals surface area contributed by atoms with Crippen LogP contribution in [0.15, 0.2) is 59.6 Å². The van der Waals surface area contributed by atoms with E-state index in [0.717, 1.165) is 33.2 Å². The summed E-state index contributed by atoms with van der Waals surface area (Å²) in [5.41, 5.74) is 1.61. The molecule has 0 N–H and O–H groups in total. The number of hydrogen-bond acceptors (Lipinski definition) is 7. The van der Waals surface area contributed by atoms with Gasteiger partial charge in [-0.1, -0.05) is 27.3 Å². The van der Waals surface area contributed by atoms with Crippen molar-refractivity contribution >= 4 is 67.0 Å². The Morgan fingerprint density at radius 2 is 1.89 bits per heavy atom. The van der Waals surface area contributed by atoms with E-state index in [4.69, 9.17) is 19.2 Å². The largest absolute Gasteiger partial charge is 0.493 e. The van der Waals surface area contributed by atoms with Crippen molar-refractivity contribution in [2.24, 2.45) is 0 Å². The van der Waals surface area contributed by atoms with E-state index in [1.807, 2.05) is 29.0 Å². The number of rotatable bonds is 10.